The molecule has 0 atom stereocenters. The maximum absolute atomic E-state index is 12.9. The average molecular weight is 449 g/mol. The summed E-state index contributed by atoms with van der Waals surface area (Å²) in [6.07, 6.45) is 0.535. The number of benzene rings is 3. The first-order valence-corrected chi connectivity index (χ1v) is 10.6. The molecule has 0 saturated heterocycles. The zero-order valence-corrected chi connectivity index (χ0v) is 18.2. The fourth-order valence-corrected chi connectivity index (χ4v) is 3.88. The van der Waals surface area contributed by atoms with Gasteiger partial charge in [-0.25, -0.2) is 9.59 Å². The number of carbonyl (C=O) groups is 1. The van der Waals surface area contributed by atoms with Crippen LogP contribution in [0.1, 0.15) is 18.1 Å². The smallest absolute Gasteiger partial charge is 0.332 e. The maximum atomic E-state index is 12.9. The van der Waals surface area contributed by atoms with Crippen LogP contribution in [0.4, 0.5) is 0 Å². The molecule has 1 aromatic heterocycles. The van der Waals surface area contributed by atoms with Gasteiger partial charge in [0.1, 0.15) is 12.3 Å². The lowest BCUT2D eigenvalue weighted by molar-refractivity contribution is -0.135. The number of aromatic nitrogens is 2. The minimum absolute atomic E-state index is 0.204. The number of halogens is 1. The highest BCUT2D eigenvalue weighted by atomic mass is 35.5. The fraction of sp³-hybridized carbons (Fsp3) is 0.160. The first-order chi connectivity index (χ1) is 15.5. The monoisotopic (exact) mass is 448 g/mol. The molecule has 162 valence electrons. The van der Waals surface area contributed by atoms with E-state index in [0.717, 1.165) is 15.7 Å². The van der Waals surface area contributed by atoms with Crippen molar-refractivity contribution in [2.75, 3.05) is 0 Å². The molecule has 32 heavy (non-hydrogen) atoms. The van der Waals surface area contributed by atoms with Gasteiger partial charge in [0.05, 0.1) is 10.9 Å². The lowest BCUT2D eigenvalue weighted by atomic mass is 10.0. The van der Waals surface area contributed by atoms with Crippen molar-refractivity contribution in [2.45, 2.75) is 26.4 Å². The highest BCUT2D eigenvalue weighted by molar-refractivity contribution is 6.30. The minimum atomic E-state index is -0.616. The van der Waals surface area contributed by atoms with Gasteiger partial charge >= 0.3 is 11.7 Å². The van der Waals surface area contributed by atoms with E-state index in [1.807, 2.05) is 30.3 Å². The summed E-state index contributed by atoms with van der Waals surface area (Å²) < 4.78 is 8.02. The number of rotatable bonds is 6. The Kier molecular flexibility index (Phi) is 6.23. The van der Waals surface area contributed by atoms with Crippen molar-refractivity contribution in [2.24, 2.45) is 0 Å². The summed E-state index contributed by atoms with van der Waals surface area (Å²) in [6, 6.07) is 21.5. The van der Waals surface area contributed by atoms with Gasteiger partial charge in [0.25, 0.3) is 5.56 Å². The van der Waals surface area contributed by atoms with Crippen molar-refractivity contribution in [1.82, 2.24) is 9.13 Å². The molecule has 3 aromatic carbocycles. The van der Waals surface area contributed by atoms with E-state index in [1.54, 1.807) is 49.4 Å². The van der Waals surface area contributed by atoms with Crippen molar-refractivity contribution in [3.05, 3.63) is 110 Å². The van der Waals surface area contributed by atoms with Crippen LogP contribution in [0.5, 0.6) is 5.75 Å². The number of fused-ring (bicyclic) bond motifs is 1. The molecule has 7 heteroatoms. The van der Waals surface area contributed by atoms with Crippen LogP contribution in [-0.4, -0.2) is 15.1 Å². The van der Waals surface area contributed by atoms with Crippen LogP contribution < -0.4 is 16.0 Å². The Morgan fingerprint density at radius 3 is 2.41 bits per heavy atom. The molecule has 0 aliphatic heterocycles. The molecule has 0 N–H and O–H groups in total. The summed E-state index contributed by atoms with van der Waals surface area (Å²) in [5.41, 5.74) is 1.27. The van der Waals surface area contributed by atoms with E-state index < -0.39 is 11.7 Å². The zero-order valence-electron chi connectivity index (χ0n) is 17.5. The normalized spacial score (nSPS) is 10.9. The summed E-state index contributed by atoms with van der Waals surface area (Å²) in [6.45, 7) is 1.59. The van der Waals surface area contributed by atoms with Gasteiger partial charge in [-0.05, 0) is 42.8 Å². The second-order valence-electron chi connectivity index (χ2n) is 7.32. The molecule has 0 fully saturated rings. The topological polar surface area (TPSA) is 70.3 Å². The van der Waals surface area contributed by atoms with E-state index in [4.69, 9.17) is 16.3 Å². The predicted octanol–water partition coefficient (Wildman–Crippen LogP) is 4.03. The van der Waals surface area contributed by atoms with Crippen LogP contribution in [0.15, 0.2) is 82.4 Å². The molecule has 0 aliphatic rings. The van der Waals surface area contributed by atoms with Crippen molar-refractivity contribution in [1.29, 1.82) is 0 Å². The average Bonchev–Trinajstić information content (AvgIpc) is 2.79. The van der Waals surface area contributed by atoms with Crippen LogP contribution in [0, 0.1) is 0 Å². The molecule has 0 unspecified atom stereocenters. The van der Waals surface area contributed by atoms with Gasteiger partial charge in [-0.15, -0.1) is 0 Å². The number of para-hydroxylation sites is 1. The van der Waals surface area contributed by atoms with Crippen LogP contribution >= 0.6 is 11.6 Å². The SMILES string of the molecule is CCn1c(=O)c2ccccc2n(CC(=O)Oc2ccc(Cl)cc2Cc2ccccc2)c1=O. The van der Waals surface area contributed by atoms with Crippen LogP contribution in [-0.2, 0) is 24.3 Å². The molecule has 0 bridgehead atoms. The molecular weight excluding hydrogens is 428 g/mol. The summed E-state index contributed by atoms with van der Waals surface area (Å²) in [4.78, 5) is 38.3. The Balaban J connectivity index is 1.67. The quantitative estimate of drug-likeness (QED) is 0.330. The first-order valence-electron chi connectivity index (χ1n) is 10.2. The lowest BCUT2D eigenvalue weighted by Crippen LogP contribution is -2.41. The largest absolute Gasteiger partial charge is 0.425 e. The second-order valence-corrected chi connectivity index (χ2v) is 7.76. The van der Waals surface area contributed by atoms with Crippen LogP contribution in [0.25, 0.3) is 10.9 Å². The van der Waals surface area contributed by atoms with E-state index in [9.17, 15) is 14.4 Å². The zero-order chi connectivity index (χ0) is 22.7. The molecule has 1 heterocycles. The second kappa shape index (κ2) is 9.24. The van der Waals surface area contributed by atoms with Crippen LogP contribution in [0.3, 0.4) is 0 Å². The van der Waals surface area contributed by atoms with E-state index in [2.05, 4.69) is 0 Å². The Labute approximate surface area is 189 Å². The Morgan fingerprint density at radius 1 is 0.938 bits per heavy atom. The van der Waals surface area contributed by atoms with Gasteiger partial charge in [-0.3, -0.25) is 13.9 Å². The summed E-state index contributed by atoms with van der Waals surface area (Å²) in [5, 5.41) is 0.908. The Hall–Kier alpha value is -3.64. The minimum Gasteiger partial charge on any atom is -0.425 e. The number of esters is 1. The summed E-state index contributed by atoms with van der Waals surface area (Å²) in [5.74, 6) is -0.236. The third-order valence-electron chi connectivity index (χ3n) is 5.22. The molecule has 0 spiro atoms. The number of hydrogen-bond donors (Lipinski definition) is 0. The van der Waals surface area contributed by atoms with Crippen molar-refractivity contribution >= 4 is 28.5 Å². The van der Waals surface area contributed by atoms with E-state index in [-0.39, 0.29) is 18.6 Å². The summed E-state index contributed by atoms with van der Waals surface area (Å²) in [7, 11) is 0. The van der Waals surface area contributed by atoms with Crippen molar-refractivity contribution < 1.29 is 9.53 Å². The van der Waals surface area contributed by atoms with Gasteiger partial charge in [0.2, 0.25) is 0 Å². The van der Waals surface area contributed by atoms with Gasteiger partial charge in [0.15, 0.2) is 0 Å². The van der Waals surface area contributed by atoms with Crippen molar-refractivity contribution in [3.8, 4) is 5.75 Å². The molecule has 0 aliphatic carbocycles. The molecule has 0 saturated carbocycles. The molecule has 6 nitrogen and oxygen atoms in total. The molecule has 0 amide bonds. The third kappa shape index (κ3) is 4.36. The number of nitrogens with zero attached hydrogens (tertiary/aromatic N) is 2. The third-order valence-corrected chi connectivity index (χ3v) is 5.45. The maximum Gasteiger partial charge on any atom is 0.332 e. The number of hydrogen-bond acceptors (Lipinski definition) is 4. The van der Waals surface area contributed by atoms with Crippen LogP contribution in [0.2, 0.25) is 5.02 Å². The Morgan fingerprint density at radius 2 is 1.66 bits per heavy atom. The molecule has 0 radical (unpaired) electrons. The van der Waals surface area contributed by atoms with E-state index >= 15 is 0 Å². The summed E-state index contributed by atoms with van der Waals surface area (Å²) >= 11 is 6.17. The standard InChI is InChI=1S/C25H21ClN2O4/c1-2-27-24(30)20-10-6-7-11-21(20)28(25(27)31)16-23(29)32-22-13-12-19(26)15-18(22)14-17-8-4-3-5-9-17/h3-13,15H,2,14,16H2,1H3. The van der Waals surface area contributed by atoms with Gasteiger partial charge in [-0.2, -0.15) is 0 Å². The number of carbonyl (C=O) groups excluding carboxylic acids is 1. The molecular formula is C25H21ClN2O4. The lowest BCUT2D eigenvalue weighted by Gasteiger charge is -2.14. The molecule has 4 rings (SSSR count). The van der Waals surface area contributed by atoms with E-state index in [0.29, 0.717) is 28.1 Å². The fourth-order valence-electron chi connectivity index (χ4n) is 3.69. The predicted molar refractivity (Wildman–Crippen MR) is 124 cm³/mol. The molecule has 4 aromatic rings. The van der Waals surface area contributed by atoms with Gasteiger partial charge < -0.3 is 4.74 Å². The van der Waals surface area contributed by atoms with Gasteiger partial charge in [0, 0.05) is 23.6 Å². The van der Waals surface area contributed by atoms with Crippen molar-refractivity contribution in [3.63, 3.8) is 0 Å². The van der Waals surface area contributed by atoms with Gasteiger partial charge in [-0.1, -0.05) is 54.1 Å². The highest BCUT2D eigenvalue weighted by Gasteiger charge is 2.17. The first kappa shape index (κ1) is 21.6. The number of ether oxygens (including phenoxy) is 1. The Bertz CT molecular complexity index is 1410. The highest BCUT2D eigenvalue weighted by Crippen LogP contribution is 2.26. The van der Waals surface area contributed by atoms with E-state index in [1.165, 1.54) is 4.57 Å².